The summed E-state index contributed by atoms with van der Waals surface area (Å²) in [4.78, 5) is 17.9. The summed E-state index contributed by atoms with van der Waals surface area (Å²) in [5.74, 6) is 0.747. The molecule has 31 heavy (non-hydrogen) atoms. The first-order valence-corrected chi connectivity index (χ1v) is 13.4. The average Bonchev–Trinajstić information content (AvgIpc) is 3.00. The monoisotopic (exact) mass is 449 g/mol. The van der Waals surface area contributed by atoms with Gasteiger partial charge in [0.05, 0.1) is 4.90 Å². The van der Waals surface area contributed by atoms with Gasteiger partial charge in [0.2, 0.25) is 10.0 Å². The molecule has 0 unspecified atom stereocenters. The van der Waals surface area contributed by atoms with E-state index in [4.69, 9.17) is 0 Å². The average molecular weight is 450 g/mol. The van der Waals surface area contributed by atoms with Crippen LogP contribution in [0.3, 0.4) is 0 Å². The molecule has 1 saturated heterocycles. The van der Waals surface area contributed by atoms with Gasteiger partial charge in [0.25, 0.3) is 5.91 Å². The number of carbonyl (C=O) groups excluding carboxylic acids is 1. The molecule has 0 atom stereocenters. The van der Waals surface area contributed by atoms with E-state index < -0.39 is 10.0 Å². The zero-order valence-electron chi connectivity index (χ0n) is 19.5. The van der Waals surface area contributed by atoms with Crippen molar-refractivity contribution in [1.29, 1.82) is 0 Å². The first-order valence-electron chi connectivity index (χ1n) is 12.0. The maximum atomic E-state index is 13.2. The van der Waals surface area contributed by atoms with E-state index in [0.29, 0.717) is 30.8 Å². The molecule has 2 fully saturated rings. The van der Waals surface area contributed by atoms with Gasteiger partial charge in [-0.1, -0.05) is 39.2 Å². The molecular weight excluding hydrogens is 410 g/mol. The Labute approximate surface area is 188 Å². The van der Waals surface area contributed by atoms with E-state index in [1.165, 1.54) is 36.4 Å². The Bertz CT molecular complexity index is 846. The molecule has 1 aromatic rings. The number of hydrogen-bond acceptors (Lipinski definition) is 4. The molecule has 0 bridgehead atoms. The smallest absolute Gasteiger partial charge is 0.253 e. The molecule has 0 aromatic heterocycles. The van der Waals surface area contributed by atoms with Gasteiger partial charge in [0, 0.05) is 44.8 Å². The van der Waals surface area contributed by atoms with Crippen LogP contribution in [-0.4, -0.2) is 74.2 Å². The van der Waals surface area contributed by atoms with Gasteiger partial charge in [-0.3, -0.25) is 4.79 Å². The molecule has 2 aliphatic rings. The standard InChI is InChI=1S/C24H39N3O3S/c1-4-27(5-2)31(29,30)23-18-22(13-12-20(23)3)24(28)26-15-9-14-25(16-17-26)19-21-10-7-6-8-11-21/h12-13,18,21H,4-11,14-17,19H2,1-3H3. The second-order valence-electron chi connectivity index (χ2n) is 9.02. The summed E-state index contributed by atoms with van der Waals surface area (Å²) in [5, 5.41) is 0. The molecule has 1 saturated carbocycles. The Morgan fingerprint density at radius 2 is 1.71 bits per heavy atom. The number of aryl methyl sites for hydroxylation is 1. The van der Waals surface area contributed by atoms with Gasteiger partial charge in [-0.25, -0.2) is 8.42 Å². The van der Waals surface area contributed by atoms with Gasteiger partial charge in [-0.05, 0) is 56.3 Å². The molecule has 1 aliphatic carbocycles. The Morgan fingerprint density at radius 3 is 2.39 bits per heavy atom. The Morgan fingerprint density at radius 1 is 1.00 bits per heavy atom. The lowest BCUT2D eigenvalue weighted by atomic mass is 9.89. The summed E-state index contributed by atoms with van der Waals surface area (Å²) in [6.45, 7) is 10.8. The maximum absolute atomic E-state index is 13.2. The molecule has 1 heterocycles. The summed E-state index contributed by atoms with van der Waals surface area (Å²) in [7, 11) is -3.60. The fourth-order valence-electron chi connectivity index (χ4n) is 4.99. The minimum atomic E-state index is -3.60. The molecular formula is C24H39N3O3S. The maximum Gasteiger partial charge on any atom is 0.253 e. The van der Waals surface area contributed by atoms with Crippen molar-refractivity contribution in [3.8, 4) is 0 Å². The first kappa shape index (κ1) is 24.2. The Balaban J connectivity index is 1.70. The SMILES string of the molecule is CCN(CC)S(=O)(=O)c1cc(C(=O)N2CCCN(CC3CCCCC3)CC2)ccc1C. The zero-order valence-corrected chi connectivity index (χ0v) is 20.3. The zero-order chi connectivity index (χ0) is 22.4. The van der Waals surface area contributed by atoms with E-state index in [2.05, 4.69) is 4.90 Å². The van der Waals surface area contributed by atoms with Crippen LogP contribution in [0.5, 0.6) is 0 Å². The third-order valence-corrected chi connectivity index (χ3v) is 9.07. The van der Waals surface area contributed by atoms with E-state index in [-0.39, 0.29) is 10.8 Å². The summed E-state index contributed by atoms with van der Waals surface area (Å²) in [6, 6.07) is 5.11. The van der Waals surface area contributed by atoms with Gasteiger partial charge < -0.3 is 9.80 Å². The van der Waals surface area contributed by atoms with E-state index in [9.17, 15) is 13.2 Å². The second kappa shape index (κ2) is 10.9. The van der Waals surface area contributed by atoms with Crippen molar-refractivity contribution in [2.24, 2.45) is 5.92 Å². The highest BCUT2D eigenvalue weighted by Crippen LogP contribution is 2.25. The van der Waals surface area contributed by atoms with Crippen LogP contribution in [0.1, 0.15) is 68.3 Å². The fraction of sp³-hybridized carbons (Fsp3) is 0.708. The highest BCUT2D eigenvalue weighted by molar-refractivity contribution is 7.89. The molecule has 1 aliphatic heterocycles. The van der Waals surface area contributed by atoms with E-state index in [0.717, 1.165) is 38.5 Å². The fourth-order valence-corrected chi connectivity index (χ4v) is 6.70. The van der Waals surface area contributed by atoms with Crippen LogP contribution in [0.2, 0.25) is 0 Å². The summed E-state index contributed by atoms with van der Waals surface area (Å²) < 4.78 is 27.5. The van der Waals surface area contributed by atoms with Crippen LogP contribution in [-0.2, 0) is 10.0 Å². The normalized spacial score (nSPS) is 19.5. The third kappa shape index (κ3) is 5.88. The van der Waals surface area contributed by atoms with Crippen LogP contribution in [0, 0.1) is 12.8 Å². The molecule has 1 aromatic carbocycles. The minimum absolute atomic E-state index is 0.0597. The molecule has 1 amide bonds. The summed E-state index contributed by atoms with van der Waals surface area (Å²) in [5.41, 5.74) is 1.15. The Hall–Kier alpha value is -1.44. The van der Waals surface area contributed by atoms with Gasteiger partial charge in [0.15, 0.2) is 0 Å². The topological polar surface area (TPSA) is 60.9 Å². The van der Waals surface area contributed by atoms with Crippen molar-refractivity contribution >= 4 is 15.9 Å². The molecule has 3 rings (SSSR count). The highest BCUT2D eigenvalue weighted by atomic mass is 32.2. The highest BCUT2D eigenvalue weighted by Gasteiger charge is 2.27. The predicted octanol–water partition coefficient (Wildman–Crippen LogP) is 3.75. The van der Waals surface area contributed by atoms with Crippen LogP contribution in [0.4, 0.5) is 0 Å². The van der Waals surface area contributed by atoms with Crippen LogP contribution < -0.4 is 0 Å². The minimum Gasteiger partial charge on any atom is -0.337 e. The third-order valence-electron chi connectivity index (χ3n) is 6.88. The lowest BCUT2D eigenvalue weighted by molar-refractivity contribution is 0.0759. The number of nitrogens with zero attached hydrogens (tertiary/aromatic N) is 3. The van der Waals surface area contributed by atoms with E-state index in [1.54, 1.807) is 25.1 Å². The molecule has 0 N–H and O–H groups in total. The number of hydrogen-bond donors (Lipinski definition) is 0. The van der Waals surface area contributed by atoms with Crippen molar-refractivity contribution in [1.82, 2.24) is 14.1 Å². The number of carbonyl (C=O) groups is 1. The van der Waals surface area contributed by atoms with Crippen LogP contribution in [0.15, 0.2) is 23.1 Å². The van der Waals surface area contributed by atoms with Crippen molar-refractivity contribution in [2.75, 3.05) is 45.8 Å². The predicted molar refractivity (Wildman–Crippen MR) is 125 cm³/mol. The molecule has 6 nitrogen and oxygen atoms in total. The molecule has 7 heteroatoms. The van der Waals surface area contributed by atoms with Gasteiger partial charge in [-0.15, -0.1) is 0 Å². The second-order valence-corrected chi connectivity index (χ2v) is 10.9. The van der Waals surface area contributed by atoms with Crippen molar-refractivity contribution in [3.63, 3.8) is 0 Å². The number of amides is 1. The number of rotatable bonds is 7. The van der Waals surface area contributed by atoms with E-state index in [1.807, 2.05) is 18.7 Å². The van der Waals surface area contributed by atoms with Crippen LogP contribution >= 0.6 is 0 Å². The Kier molecular flexibility index (Phi) is 8.53. The lowest BCUT2D eigenvalue weighted by Crippen LogP contribution is -2.37. The lowest BCUT2D eigenvalue weighted by Gasteiger charge is -2.29. The van der Waals surface area contributed by atoms with Crippen molar-refractivity contribution in [2.45, 2.75) is 64.2 Å². The van der Waals surface area contributed by atoms with Crippen molar-refractivity contribution < 1.29 is 13.2 Å². The summed E-state index contributed by atoms with van der Waals surface area (Å²) >= 11 is 0. The molecule has 0 spiro atoms. The first-order chi connectivity index (χ1) is 14.9. The molecule has 174 valence electrons. The molecule has 0 radical (unpaired) electrons. The van der Waals surface area contributed by atoms with Gasteiger partial charge in [-0.2, -0.15) is 4.31 Å². The van der Waals surface area contributed by atoms with Crippen molar-refractivity contribution in [3.05, 3.63) is 29.3 Å². The summed E-state index contributed by atoms with van der Waals surface area (Å²) in [6.07, 6.45) is 7.74. The largest absolute Gasteiger partial charge is 0.337 e. The number of sulfonamides is 1. The van der Waals surface area contributed by atoms with E-state index >= 15 is 0 Å². The van der Waals surface area contributed by atoms with Crippen LogP contribution in [0.25, 0.3) is 0 Å². The van der Waals surface area contributed by atoms with Gasteiger partial charge in [0.1, 0.15) is 0 Å². The number of benzene rings is 1. The van der Waals surface area contributed by atoms with Gasteiger partial charge >= 0.3 is 0 Å². The quantitative estimate of drug-likeness (QED) is 0.636.